The second-order valence-electron chi connectivity index (χ2n) is 4.48. The van der Waals surface area contributed by atoms with E-state index in [9.17, 15) is 0 Å². The van der Waals surface area contributed by atoms with Crippen molar-refractivity contribution in [1.82, 2.24) is 0 Å². The fraction of sp³-hybridized carbons (Fsp3) is 0.250. The average molecular weight is 225 g/mol. The van der Waals surface area contributed by atoms with Crippen LogP contribution in [-0.2, 0) is 6.42 Å². The van der Waals surface area contributed by atoms with Gasteiger partial charge in [0.05, 0.1) is 6.04 Å². The van der Waals surface area contributed by atoms with Gasteiger partial charge in [0, 0.05) is 0 Å². The summed E-state index contributed by atoms with van der Waals surface area (Å²) in [6.45, 7) is 4.25. The van der Waals surface area contributed by atoms with Crippen molar-refractivity contribution in [1.29, 1.82) is 0 Å². The Morgan fingerprint density at radius 3 is 1.82 bits per heavy atom. The monoisotopic (exact) mass is 225 g/mol. The molecule has 17 heavy (non-hydrogen) atoms. The molecule has 0 saturated heterocycles. The van der Waals surface area contributed by atoms with Gasteiger partial charge in [-0.1, -0.05) is 61.0 Å². The van der Waals surface area contributed by atoms with Crippen molar-refractivity contribution in [2.75, 3.05) is 0 Å². The summed E-state index contributed by atoms with van der Waals surface area (Å²) in [5.41, 5.74) is 11.2. The molecule has 2 rings (SSSR count). The van der Waals surface area contributed by atoms with Crippen LogP contribution in [0.3, 0.4) is 0 Å². The van der Waals surface area contributed by atoms with E-state index in [4.69, 9.17) is 5.73 Å². The molecule has 0 fully saturated rings. The van der Waals surface area contributed by atoms with Crippen molar-refractivity contribution in [2.45, 2.75) is 26.3 Å². The molecule has 0 spiro atoms. The van der Waals surface area contributed by atoms with Crippen LogP contribution in [0.1, 0.15) is 35.2 Å². The molecule has 2 aromatic rings. The van der Waals surface area contributed by atoms with Gasteiger partial charge in [0.25, 0.3) is 0 Å². The zero-order chi connectivity index (χ0) is 12.3. The van der Waals surface area contributed by atoms with Gasteiger partial charge in [0.15, 0.2) is 0 Å². The molecule has 0 aliphatic rings. The number of nitrogens with two attached hydrogens (primary N) is 1. The summed E-state index contributed by atoms with van der Waals surface area (Å²) in [5.74, 6) is 0. The second kappa shape index (κ2) is 5.15. The first kappa shape index (κ1) is 11.9. The van der Waals surface area contributed by atoms with Crippen LogP contribution in [0.2, 0.25) is 0 Å². The van der Waals surface area contributed by atoms with Crippen molar-refractivity contribution in [3.05, 3.63) is 70.8 Å². The maximum Gasteiger partial charge on any atom is 0.0551 e. The molecule has 2 N–H and O–H groups in total. The van der Waals surface area contributed by atoms with Gasteiger partial charge in [0.1, 0.15) is 0 Å². The highest BCUT2D eigenvalue weighted by molar-refractivity contribution is 5.34. The predicted molar refractivity (Wildman–Crippen MR) is 73.0 cm³/mol. The van der Waals surface area contributed by atoms with Crippen molar-refractivity contribution in [3.8, 4) is 0 Å². The van der Waals surface area contributed by atoms with Crippen molar-refractivity contribution >= 4 is 0 Å². The summed E-state index contributed by atoms with van der Waals surface area (Å²) < 4.78 is 0. The van der Waals surface area contributed by atoms with Gasteiger partial charge in [-0.05, 0) is 30.0 Å². The molecule has 0 bridgehead atoms. The molecule has 0 radical (unpaired) electrons. The number of rotatable bonds is 3. The molecule has 1 atom stereocenters. The van der Waals surface area contributed by atoms with Crippen LogP contribution in [0.5, 0.6) is 0 Å². The molecule has 2 aromatic carbocycles. The fourth-order valence-electron chi connectivity index (χ4n) is 1.93. The number of benzene rings is 2. The topological polar surface area (TPSA) is 26.0 Å². The summed E-state index contributed by atoms with van der Waals surface area (Å²) in [6.07, 6.45) is 1.07. The van der Waals surface area contributed by atoms with Gasteiger partial charge in [-0.3, -0.25) is 0 Å². The number of aryl methyl sites for hydroxylation is 2. The summed E-state index contributed by atoms with van der Waals surface area (Å²) in [6, 6.07) is 17.0. The molecule has 1 nitrogen and oxygen atoms in total. The molecule has 0 aromatic heterocycles. The predicted octanol–water partition coefficient (Wildman–Crippen LogP) is 3.61. The smallest absolute Gasteiger partial charge is 0.0551 e. The van der Waals surface area contributed by atoms with Gasteiger partial charge in [-0.25, -0.2) is 0 Å². The third kappa shape index (κ3) is 2.75. The van der Waals surface area contributed by atoms with Crippen LogP contribution in [0.15, 0.2) is 48.5 Å². The SMILES string of the molecule is CCc1ccc(C(N)c2ccc(C)cc2)cc1. The molecular formula is C16H19N. The lowest BCUT2D eigenvalue weighted by Crippen LogP contribution is -2.11. The van der Waals surface area contributed by atoms with Crippen LogP contribution < -0.4 is 5.73 Å². The first-order valence-corrected chi connectivity index (χ1v) is 6.11. The lowest BCUT2D eigenvalue weighted by molar-refractivity contribution is 0.869. The van der Waals surface area contributed by atoms with Crippen LogP contribution in [0.25, 0.3) is 0 Å². The Morgan fingerprint density at radius 2 is 1.35 bits per heavy atom. The molecule has 88 valence electrons. The lowest BCUT2D eigenvalue weighted by atomic mass is 9.97. The molecule has 1 heteroatoms. The van der Waals surface area contributed by atoms with Gasteiger partial charge < -0.3 is 5.73 Å². The Balaban J connectivity index is 2.23. The fourth-order valence-corrected chi connectivity index (χ4v) is 1.93. The van der Waals surface area contributed by atoms with E-state index in [1.54, 1.807) is 0 Å². The van der Waals surface area contributed by atoms with Gasteiger partial charge in [-0.2, -0.15) is 0 Å². The molecule has 0 aliphatic carbocycles. The third-order valence-electron chi connectivity index (χ3n) is 3.18. The first-order valence-electron chi connectivity index (χ1n) is 6.11. The van der Waals surface area contributed by atoms with E-state index in [0.29, 0.717) is 0 Å². The molecule has 0 saturated carbocycles. The van der Waals surface area contributed by atoms with Gasteiger partial charge in [0.2, 0.25) is 0 Å². The normalized spacial score (nSPS) is 12.4. The van der Waals surface area contributed by atoms with Crippen LogP contribution in [0, 0.1) is 6.92 Å². The highest BCUT2D eigenvalue weighted by Crippen LogP contribution is 2.20. The van der Waals surface area contributed by atoms with Crippen molar-refractivity contribution in [3.63, 3.8) is 0 Å². The molecule has 0 amide bonds. The van der Waals surface area contributed by atoms with E-state index in [1.807, 2.05) is 0 Å². The van der Waals surface area contributed by atoms with E-state index in [1.165, 1.54) is 22.3 Å². The molecule has 1 unspecified atom stereocenters. The Morgan fingerprint density at radius 1 is 0.882 bits per heavy atom. The summed E-state index contributed by atoms with van der Waals surface area (Å²) in [7, 11) is 0. The van der Waals surface area contributed by atoms with E-state index in [2.05, 4.69) is 62.4 Å². The average Bonchev–Trinajstić information content (AvgIpc) is 2.39. The Labute approximate surface area is 103 Å². The molecule has 0 aliphatic heterocycles. The summed E-state index contributed by atoms with van der Waals surface area (Å²) >= 11 is 0. The van der Waals surface area contributed by atoms with Crippen LogP contribution >= 0.6 is 0 Å². The highest BCUT2D eigenvalue weighted by Gasteiger charge is 2.07. The van der Waals surface area contributed by atoms with E-state index >= 15 is 0 Å². The number of hydrogen-bond acceptors (Lipinski definition) is 1. The quantitative estimate of drug-likeness (QED) is 0.848. The Bertz CT molecular complexity index is 468. The first-order chi connectivity index (χ1) is 8.20. The van der Waals surface area contributed by atoms with Crippen LogP contribution in [-0.4, -0.2) is 0 Å². The standard InChI is InChI=1S/C16H19N/c1-3-13-6-10-15(11-7-13)16(17)14-8-4-12(2)5-9-14/h4-11,16H,3,17H2,1-2H3. The van der Waals surface area contributed by atoms with Gasteiger partial charge >= 0.3 is 0 Å². The maximum absolute atomic E-state index is 6.26. The van der Waals surface area contributed by atoms with Crippen molar-refractivity contribution < 1.29 is 0 Å². The largest absolute Gasteiger partial charge is 0.320 e. The highest BCUT2D eigenvalue weighted by atomic mass is 14.6. The minimum absolute atomic E-state index is 0.0264. The molecular weight excluding hydrogens is 206 g/mol. The minimum Gasteiger partial charge on any atom is -0.320 e. The van der Waals surface area contributed by atoms with E-state index in [-0.39, 0.29) is 6.04 Å². The summed E-state index contributed by atoms with van der Waals surface area (Å²) in [5, 5.41) is 0. The lowest BCUT2D eigenvalue weighted by Gasteiger charge is -2.13. The van der Waals surface area contributed by atoms with E-state index < -0.39 is 0 Å². The van der Waals surface area contributed by atoms with Crippen molar-refractivity contribution in [2.24, 2.45) is 5.73 Å². The third-order valence-corrected chi connectivity index (χ3v) is 3.18. The zero-order valence-corrected chi connectivity index (χ0v) is 10.5. The van der Waals surface area contributed by atoms with E-state index in [0.717, 1.165) is 6.42 Å². The minimum atomic E-state index is -0.0264. The zero-order valence-electron chi connectivity index (χ0n) is 10.5. The maximum atomic E-state index is 6.26. The Hall–Kier alpha value is -1.60. The van der Waals surface area contributed by atoms with Gasteiger partial charge in [-0.15, -0.1) is 0 Å². The summed E-state index contributed by atoms with van der Waals surface area (Å²) in [4.78, 5) is 0. The molecule has 0 heterocycles. The second-order valence-corrected chi connectivity index (χ2v) is 4.48. The Kier molecular flexibility index (Phi) is 3.60. The number of hydrogen-bond donors (Lipinski definition) is 1. The van der Waals surface area contributed by atoms with Crippen LogP contribution in [0.4, 0.5) is 0 Å².